The van der Waals surface area contributed by atoms with Crippen LogP contribution in [0.15, 0.2) is 29.2 Å². The molecule has 0 aromatic heterocycles. The highest BCUT2D eigenvalue weighted by atomic mass is 32.2. The summed E-state index contributed by atoms with van der Waals surface area (Å²) in [5, 5.41) is 6.28. The molecule has 9 heteroatoms. The molecule has 1 aliphatic rings. The van der Waals surface area contributed by atoms with Crippen LogP contribution in [0.4, 0.5) is 5.69 Å². The van der Waals surface area contributed by atoms with E-state index in [9.17, 15) is 13.2 Å². The van der Waals surface area contributed by atoms with Crippen LogP contribution >= 0.6 is 12.2 Å². The van der Waals surface area contributed by atoms with Crippen molar-refractivity contribution in [3.8, 4) is 0 Å². The molecule has 25 heavy (non-hydrogen) atoms. The number of benzene rings is 1. The molecule has 1 saturated heterocycles. The topological polar surface area (TPSA) is 81.8 Å². The lowest BCUT2D eigenvalue weighted by Crippen LogP contribution is -2.34. The summed E-state index contributed by atoms with van der Waals surface area (Å²) in [7, 11) is -0.523. The SMILES string of the molecule is CN(C)S(=O)(=O)c1cccc(NC(=S)NCCC(=O)N2CCCC2)c1. The summed E-state index contributed by atoms with van der Waals surface area (Å²) in [6.45, 7) is 2.13. The number of anilines is 1. The van der Waals surface area contributed by atoms with Gasteiger partial charge in [-0.1, -0.05) is 6.07 Å². The average Bonchev–Trinajstić information content (AvgIpc) is 3.09. The van der Waals surface area contributed by atoms with Crippen LogP contribution in [0, 0.1) is 0 Å². The van der Waals surface area contributed by atoms with Crippen LogP contribution in [0.5, 0.6) is 0 Å². The smallest absolute Gasteiger partial charge is 0.242 e. The van der Waals surface area contributed by atoms with Gasteiger partial charge in [0.15, 0.2) is 5.11 Å². The van der Waals surface area contributed by atoms with Gasteiger partial charge in [0, 0.05) is 45.8 Å². The van der Waals surface area contributed by atoms with E-state index in [1.54, 1.807) is 12.1 Å². The molecule has 0 aliphatic carbocycles. The molecule has 1 aromatic rings. The van der Waals surface area contributed by atoms with Crippen molar-refractivity contribution in [1.82, 2.24) is 14.5 Å². The standard InChI is InChI=1S/C16H24N4O3S2/c1-19(2)25(22,23)14-7-5-6-13(12-14)18-16(24)17-9-8-15(21)20-10-3-4-11-20/h5-7,12H,3-4,8-11H2,1-2H3,(H2,17,18,24). The number of likely N-dealkylation sites (tertiary alicyclic amines) is 1. The third-order valence-corrected chi connectivity index (χ3v) is 6.01. The fraction of sp³-hybridized carbons (Fsp3) is 0.500. The molecular formula is C16H24N4O3S2. The third kappa shape index (κ3) is 5.38. The van der Waals surface area contributed by atoms with Gasteiger partial charge in [0.05, 0.1) is 4.90 Å². The Morgan fingerprint density at radius 1 is 1.28 bits per heavy atom. The first kappa shape index (κ1) is 19.6. The fourth-order valence-corrected chi connectivity index (χ4v) is 3.70. The van der Waals surface area contributed by atoms with Crippen molar-refractivity contribution in [3.05, 3.63) is 24.3 Å². The minimum atomic E-state index is -3.49. The summed E-state index contributed by atoms with van der Waals surface area (Å²) in [5.74, 6) is 0.131. The van der Waals surface area contributed by atoms with Crippen LogP contribution in [0.1, 0.15) is 19.3 Å². The average molecular weight is 385 g/mol. The number of nitrogens with zero attached hydrogens (tertiary/aromatic N) is 2. The maximum absolute atomic E-state index is 12.2. The minimum Gasteiger partial charge on any atom is -0.362 e. The number of amides is 1. The second-order valence-electron chi connectivity index (χ2n) is 6.03. The Bertz CT molecular complexity index is 729. The number of sulfonamides is 1. The van der Waals surface area contributed by atoms with Gasteiger partial charge in [-0.25, -0.2) is 12.7 Å². The molecule has 138 valence electrons. The first-order valence-electron chi connectivity index (χ1n) is 8.16. The summed E-state index contributed by atoms with van der Waals surface area (Å²) in [6.07, 6.45) is 2.54. The lowest BCUT2D eigenvalue weighted by molar-refractivity contribution is -0.129. The lowest BCUT2D eigenvalue weighted by Gasteiger charge is -2.16. The van der Waals surface area contributed by atoms with Gasteiger partial charge in [-0.15, -0.1) is 0 Å². The van der Waals surface area contributed by atoms with Crippen LogP contribution in [-0.4, -0.2) is 62.4 Å². The van der Waals surface area contributed by atoms with Crippen LogP contribution in [0.3, 0.4) is 0 Å². The first-order chi connectivity index (χ1) is 11.8. The molecular weight excluding hydrogens is 360 g/mol. The van der Waals surface area contributed by atoms with Crippen molar-refractivity contribution in [2.24, 2.45) is 0 Å². The predicted octanol–water partition coefficient (Wildman–Crippen LogP) is 1.24. The van der Waals surface area contributed by atoms with E-state index in [0.717, 1.165) is 30.2 Å². The van der Waals surface area contributed by atoms with E-state index in [-0.39, 0.29) is 10.8 Å². The molecule has 0 atom stereocenters. The van der Waals surface area contributed by atoms with E-state index in [2.05, 4.69) is 10.6 Å². The third-order valence-electron chi connectivity index (χ3n) is 3.95. The van der Waals surface area contributed by atoms with E-state index in [1.807, 2.05) is 4.90 Å². The summed E-state index contributed by atoms with van der Waals surface area (Å²) < 4.78 is 25.5. The number of hydrogen-bond acceptors (Lipinski definition) is 4. The molecule has 2 N–H and O–H groups in total. The van der Waals surface area contributed by atoms with E-state index < -0.39 is 10.0 Å². The molecule has 1 aromatic carbocycles. The lowest BCUT2D eigenvalue weighted by atomic mass is 10.3. The molecule has 7 nitrogen and oxygen atoms in total. The van der Waals surface area contributed by atoms with Crippen LogP contribution in [0.2, 0.25) is 0 Å². The zero-order chi connectivity index (χ0) is 18.4. The van der Waals surface area contributed by atoms with E-state index in [0.29, 0.717) is 23.8 Å². The number of thiocarbonyl (C=S) groups is 1. The van der Waals surface area contributed by atoms with Crippen molar-refractivity contribution in [3.63, 3.8) is 0 Å². The quantitative estimate of drug-likeness (QED) is 0.718. The van der Waals surface area contributed by atoms with Crippen molar-refractivity contribution in [2.45, 2.75) is 24.2 Å². The van der Waals surface area contributed by atoms with E-state index >= 15 is 0 Å². The van der Waals surface area contributed by atoms with Crippen molar-refractivity contribution in [2.75, 3.05) is 39.0 Å². The molecule has 0 bridgehead atoms. The first-order valence-corrected chi connectivity index (χ1v) is 10.0. The van der Waals surface area contributed by atoms with Gasteiger partial charge in [0.25, 0.3) is 0 Å². The molecule has 2 rings (SSSR count). The van der Waals surface area contributed by atoms with Crippen LogP contribution in [-0.2, 0) is 14.8 Å². The molecule has 0 saturated carbocycles. The Labute approximate surface area is 154 Å². The number of carbonyl (C=O) groups excluding carboxylic acids is 1. The molecule has 1 fully saturated rings. The highest BCUT2D eigenvalue weighted by molar-refractivity contribution is 7.89. The molecule has 1 heterocycles. The van der Waals surface area contributed by atoms with Gasteiger partial charge < -0.3 is 15.5 Å². The Kier molecular flexibility index (Phi) is 6.74. The van der Waals surface area contributed by atoms with Gasteiger partial charge in [0.2, 0.25) is 15.9 Å². The zero-order valence-corrected chi connectivity index (χ0v) is 16.1. The normalized spacial score (nSPS) is 14.6. The Morgan fingerprint density at radius 3 is 2.60 bits per heavy atom. The fourth-order valence-electron chi connectivity index (χ4n) is 2.53. The van der Waals surface area contributed by atoms with Gasteiger partial charge in [0.1, 0.15) is 0 Å². The van der Waals surface area contributed by atoms with Crippen LogP contribution < -0.4 is 10.6 Å². The monoisotopic (exact) mass is 384 g/mol. The second kappa shape index (κ2) is 8.59. The van der Waals surface area contributed by atoms with E-state index in [1.165, 1.54) is 26.2 Å². The largest absolute Gasteiger partial charge is 0.362 e. The van der Waals surface area contributed by atoms with Gasteiger partial charge in [-0.3, -0.25) is 4.79 Å². The van der Waals surface area contributed by atoms with Crippen molar-refractivity contribution < 1.29 is 13.2 Å². The summed E-state index contributed by atoms with van der Waals surface area (Å²) in [4.78, 5) is 14.0. The van der Waals surface area contributed by atoms with E-state index in [4.69, 9.17) is 12.2 Å². The molecule has 1 aliphatic heterocycles. The molecule has 1 amide bonds. The van der Waals surface area contributed by atoms with Crippen molar-refractivity contribution >= 4 is 38.9 Å². The maximum Gasteiger partial charge on any atom is 0.242 e. The zero-order valence-electron chi connectivity index (χ0n) is 14.5. The van der Waals surface area contributed by atoms with Gasteiger partial charge in [-0.2, -0.15) is 0 Å². The highest BCUT2D eigenvalue weighted by Gasteiger charge is 2.18. The minimum absolute atomic E-state index is 0.131. The van der Waals surface area contributed by atoms with Crippen LogP contribution in [0.25, 0.3) is 0 Å². The molecule has 0 unspecified atom stereocenters. The summed E-state index contributed by atoms with van der Waals surface area (Å²) >= 11 is 5.20. The second-order valence-corrected chi connectivity index (χ2v) is 8.59. The predicted molar refractivity (Wildman–Crippen MR) is 102 cm³/mol. The van der Waals surface area contributed by atoms with Crippen molar-refractivity contribution in [1.29, 1.82) is 0 Å². The number of nitrogens with one attached hydrogen (secondary N) is 2. The number of hydrogen-bond donors (Lipinski definition) is 2. The molecule has 0 spiro atoms. The number of rotatable bonds is 6. The summed E-state index contributed by atoms with van der Waals surface area (Å²) in [6, 6.07) is 6.45. The highest BCUT2D eigenvalue weighted by Crippen LogP contribution is 2.17. The summed E-state index contributed by atoms with van der Waals surface area (Å²) in [5.41, 5.74) is 0.575. The Hall–Kier alpha value is -1.71. The van der Waals surface area contributed by atoms with Gasteiger partial charge in [-0.05, 0) is 43.3 Å². The van der Waals surface area contributed by atoms with Gasteiger partial charge >= 0.3 is 0 Å². The Morgan fingerprint density at radius 2 is 1.96 bits per heavy atom. The number of carbonyl (C=O) groups is 1. The molecule has 0 radical (unpaired) electrons. The Balaban J connectivity index is 1.85. The maximum atomic E-state index is 12.2.